The fourth-order valence-electron chi connectivity index (χ4n) is 1.60. The zero-order chi connectivity index (χ0) is 11.4. The number of aromatic amines is 1. The molecule has 0 aliphatic rings. The van der Waals surface area contributed by atoms with Gasteiger partial charge in [0.2, 0.25) is 0 Å². The van der Waals surface area contributed by atoms with Gasteiger partial charge in [0, 0.05) is 11.3 Å². The van der Waals surface area contributed by atoms with E-state index in [-0.39, 0.29) is 0 Å². The van der Waals surface area contributed by atoms with Gasteiger partial charge in [-0.15, -0.1) is 0 Å². The molecule has 1 rings (SSSR count). The predicted molar refractivity (Wildman–Crippen MR) is 70.1 cm³/mol. The Morgan fingerprint density at radius 3 is 2.60 bits per heavy atom. The van der Waals surface area contributed by atoms with E-state index in [1.807, 2.05) is 11.8 Å². The second-order valence-electron chi connectivity index (χ2n) is 3.82. The number of nitrogens with one attached hydrogen (secondary N) is 1. The summed E-state index contributed by atoms with van der Waals surface area (Å²) in [5, 5.41) is 0. The summed E-state index contributed by atoms with van der Waals surface area (Å²) in [7, 11) is 0. The SMILES string of the molecule is CCSCc1nc(=S)c(C(C)C)c(C)[nH]1. The normalized spacial score (nSPS) is 11.0. The molecule has 0 saturated carbocycles. The zero-order valence-corrected chi connectivity index (χ0v) is 11.4. The van der Waals surface area contributed by atoms with Crippen LogP contribution in [0.2, 0.25) is 0 Å². The van der Waals surface area contributed by atoms with Gasteiger partial charge in [-0.1, -0.05) is 33.0 Å². The van der Waals surface area contributed by atoms with Crippen molar-refractivity contribution in [3.63, 3.8) is 0 Å². The maximum Gasteiger partial charge on any atom is 0.133 e. The first-order valence-electron chi connectivity index (χ1n) is 5.23. The average Bonchev–Trinajstić information content (AvgIpc) is 2.12. The minimum atomic E-state index is 0.439. The lowest BCUT2D eigenvalue weighted by atomic mass is 10.0. The Kier molecular flexibility index (Phi) is 4.80. The lowest BCUT2D eigenvalue weighted by molar-refractivity contribution is 0.810. The topological polar surface area (TPSA) is 28.7 Å². The fourth-order valence-corrected chi connectivity index (χ4v) is 2.64. The second kappa shape index (κ2) is 5.66. The van der Waals surface area contributed by atoms with Gasteiger partial charge in [-0.3, -0.25) is 0 Å². The molecule has 0 spiro atoms. The molecule has 0 saturated heterocycles. The molecular formula is C11H18N2S2. The van der Waals surface area contributed by atoms with Crippen LogP contribution in [-0.4, -0.2) is 15.7 Å². The van der Waals surface area contributed by atoms with Gasteiger partial charge < -0.3 is 4.98 Å². The summed E-state index contributed by atoms with van der Waals surface area (Å²) in [6, 6.07) is 0. The number of hydrogen-bond donors (Lipinski definition) is 1. The summed E-state index contributed by atoms with van der Waals surface area (Å²) in [4.78, 5) is 7.77. The van der Waals surface area contributed by atoms with Crippen molar-refractivity contribution < 1.29 is 0 Å². The van der Waals surface area contributed by atoms with Crippen LogP contribution in [0, 0.1) is 11.6 Å². The first kappa shape index (κ1) is 12.7. The monoisotopic (exact) mass is 242 g/mol. The molecule has 15 heavy (non-hydrogen) atoms. The number of nitrogens with zero attached hydrogens (tertiary/aromatic N) is 1. The number of aryl methyl sites for hydroxylation is 1. The quantitative estimate of drug-likeness (QED) is 0.814. The van der Waals surface area contributed by atoms with Crippen LogP contribution in [0.15, 0.2) is 0 Å². The van der Waals surface area contributed by atoms with Crippen molar-refractivity contribution in [2.75, 3.05) is 5.75 Å². The van der Waals surface area contributed by atoms with E-state index in [0.717, 1.165) is 27.7 Å². The van der Waals surface area contributed by atoms with Gasteiger partial charge in [0.1, 0.15) is 10.5 Å². The minimum absolute atomic E-state index is 0.439. The van der Waals surface area contributed by atoms with E-state index in [1.165, 1.54) is 5.56 Å². The highest BCUT2D eigenvalue weighted by atomic mass is 32.2. The summed E-state index contributed by atoms with van der Waals surface area (Å²) in [6.45, 7) is 8.52. The Morgan fingerprint density at radius 2 is 2.13 bits per heavy atom. The van der Waals surface area contributed by atoms with Crippen LogP contribution < -0.4 is 0 Å². The smallest absolute Gasteiger partial charge is 0.133 e. The maximum atomic E-state index is 5.31. The molecule has 0 amide bonds. The Labute approximate surface area is 101 Å². The Morgan fingerprint density at radius 1 is 1.47 bits per heavy atom. The van der Waals surface area contributed by atoms with Crippen molar-refractivity contribution in [3.8, 4) is 0 Å². The standard InChI is InChI=1S/C11H18N2S2/c1-5-15-6-9-12-8(4)10(7(2)3)11(14)13-9/h7H,5-6H2,1-4H3,(H,12,13,14). The summed E-state index contributed by atoms with van der Waals surface area (Å²) < 4.78 is 0.757. The summed E-state index contributed by atoms with van der Waals surface area (Å²) in [5.41, 5.74) is 2.34. The second-order valence-corrected chi connectivity index (χ2v) is 5.48. The fraction of sp³-hybridized carbons (Fsp3) is 0.636. The largest absolute Gasteiger partial charge is 0.346 e. The van der Waals surface area contributed by atoms with Crippen LogP contribution in [0.1, 0.15) is 43.8 Å². The highest BCUT2D eigenvalue weighted by molar-refractivity contribution is 7.98. The van der Waals surface area contributed by atoms with Crippen LogP contribution in [-0.2, 0) is 5.75 Å². The molecule has 0 aliphatic heterocycles. The van der Waals surface area contributed by atoms with Crippen molar-refractivity contribution in [3.05, 3.63) is 21.7 Å². The minimum Gasteiger partial charge on any atom is -0.346 e. The van der Waals surface area contributed by atoms with Gasteiger partial charge in [0.15, 0.2) is 0 Å². The molecule has 0 fully saturated rings. The van der Waals surface area contributed by atoms with E-state index in [0.29, 0.717) is 5.92 Å². The van der Waals surface area contributed by atoms with E-state index in [9.17, 15) is 0 Å². The van der Waals surface area contributed by atoms with Crippen molar-refractivity contribution in [2.24, 2.45) is 0 Å². The molecule has 0 atom stereocenters. The lowest BCUT2D eigenvalue weighted by Gasteiger charge is -2.11. The first-order valence-corrected chi connectivity index (χ1v) is 6.80. The zero-order valence-electron chi connectivity index (χ0n) is 9.76. The molecule has 1 aromatic rings. The highest BCUT2D eigenvalue weighted by Gasteiger charge is 2.08. The third kappa shape index (κ3) is 3.31. The number of hydrogen-bond acceptors (Lipinski definition) is 3. The maximum absolute atomic E-state index is 5.31. The molecule has 1 aromatic heterocycles. The summed E-state index contributed by atoms with van der Waals surface area (Å²) in [5.74, 6) is 3.45. The van der Waals surface area contributed by atoms with Crippen molar-refractivity contribution in [1.82, 2.24) is 9.97 Å². The van der Waals surface area contributed by atoms with E-state index in [4.69, 9.17) is 12.2 Å². The highest BCUT2D eigenvalue weighted by Crippen LogP contribution is 2.19. The third-order valence-corrected chi connectivity index (χ3v) is 3.42. The molecule has 0 aromatic carbocycles. The van der Waals surface area contributed by atoms with Gasteiger partial charge in [-0.25, -0.2) is 4.98 Å². The third-order valence-electron chi connectivity index (χ3n) is 2.22. The van der Waals surface area contributed by atoms with Gasteiger partial charge in [0.25, 0.3) is 0 Å². The van der Waals surface area contributed by atoms with Crippen LogP contribution >= 0.6 is 24.0 Å². The van der Waals surface area contributed by atoms with Gasteiger partial charge in [-0.2, -0.15) is 11.8 Å². The predicted octanol–water partition coefficient (Wildman–Crippen LogP) is 3.82. The summed E-state index contributed by atoms with van der Waals surface area (Å²) >= 11 is 7.17. The van der Waals surface area contributed by atoms with E-state index < -0.39 is 0 Å². The Hall–Kier alpha value is -0.350. The number of aromatic nitrogens is 2. The summed E-state index contributed by atoms with van der Waals surface area (Å²) in [6.07, 6.45) is 0. The van der Waals surface area contributed by atoms with Crippen molar-refractivity contribution >= 4 is 24.0 Å². The van der Waals surface area contributed by atoms with Crippen LogP contribution in [0.3, 0.4) is 0 Å². The Balaban J connectivity index is 3.03. The molecule has 0 unspecified atom stereocenters. The van der Waals surface area contributed by atoms with Crippen molar-refractivity contribution in [2.45, 2.75) is 39.4 Å². The average molecular weight is 242 g/mol. The lowest BCUT2D eigenvalue weighted by Crippen LogP contribution is -2.03. The number of H-pyrrole nitrogens is 1. The van der Waals surface area contributed by atoms with E-state index >= 15 is 0 Å². The molecule has 0 bridgehead atoms. The molecule has 0 radical (unpaired) electrons. The molecule has 0 aliphatic carbocycles. The molecule has 84 valence electrons. The first-order chi connectivity index (χ1) is 7.06. The van der Waals surface area contributed by atoms with Crippen molar-refractivity contribution in [1.29, 1.82) is 0 Å². The van der Waals surface area contributed by atoms with Gasteiger partial charge >= 0.3 is 0 Å². The van der Waals surface area contributed by atoms with E-state index in [1.54, 1.807) is 0 Å². The van der Waals surface area contributed by atoms with Crippen LogP contribution in [0.5, 0.6) is 0 Å². The Bertz CT molecular complexity index is 383. The molecule has 1 N–H and O–H groups in total. The number of rotatable bonds is 4. The van der Waals surface area contributed by atoms with Gasteiger partial charge in [-0.05, 0) is 18.6 Å². The van der Waals surface area contributed by atoms with Gasteiger partial charge in [0.05, 0.1) is 5.75 Å². The van der Waals surface area contributed by atoms with Crippen LogP contribution in [0.4, 0.5) is 0 Å². The molecular weight excluding hydrogens is 224 g/mol. The molecule has 2 nitrogen and oxygen atoms in total. The number of thioether (sulfide) groups is 1. The molecule has 1 heterocycles. The van der Waals surface area contributed by atoms with Crippen LogP contribution in [0.25, 0.3) is 0 Å². The molecule has 4 heteroatoms. The van der Waals surface area contributed by atoms with E-state index in [2.05, 4.69) is 37.7 Å².